The normalized spacial score (nSPS) is 14.3. The maximum absolute atomic E-state index is 4.56. The van der Waals surface area contributed by atoms with E-state index in [1.807, 2.05) is 26.1 Å². The summed E-state index contributed by atoms with van der Waals surface area (Å²) in [4.78, 5) is 8.94. The molecule has 1 heterocycles. The minimum absolute atomic E-state index is 0.452. The number of aromatic nitrogens is 3. The highest BCUT2D eigenvalue weighted by atomic mass is 127. The van der Waals surface area contributed by atoms with Crippen molar-refractivity contribution in [1.82, 2.24) is 13.0 Å². The first kappa shape index (κ1) is 16.3. The van der Waals surface area contributed by atoms with Gasteiger partial charge in [0.2, 0.25) is 0 Å². The number of rotatable bonds is 7. The molecule has 1 unspecified atom stereocenters. The SMILES string of the molecule is C/C=C(/C)C=Nc1nc(C(CC)CCCC)nn1I. The topological polar surface area (TPSA) is 43.1 Å². The number of nitrogens with zero attached hydrogens (tertiary/aromatic N) is 4. The standard InChI is InChI=1S/C14H23IN4/c1-5-8-9-12(7-3)13-17-14(19(15)18-13)16-10-11(4)6-2/h6,10,12H,5,7-9H2,1-4H3/b11-6-,16-10?. The van der Waals surface area contributed by atoms with Crippen molar-refractivity contribution in [2.45, 2.75) is 59.3 Å². The van der Waals surface area contributed by atoms with Gasteiger partial charge in [-0.1, -0.05) is 32.8 Å². The van der Waals surface area contributed by atoms with Crippen LogP contribution in [0, 0.1) is 0 Å². The van der Waals surface area contributed by atoms with Gasteiger partial charge in [0.15, 0.2) is 5.82 Å². The van der Waals surface area contributed by atoms with Crippen LogP contribution in [-0.2, 0) is 0 Å². The van der Waals surface area contributed by atoms with Gasteiger partial charge >= 0.3 is 0 Å². The van der Waals surface area contributed by atoms with Gasteiger partial charge in [-0.05, 0) is 32.3 Å². The lowest BCUT2D eigenvalue weighted by molar-refractivity contribution is 0.544. The van der Waals surface area contributed by atoms with E-state index in [1.54, 1.807) is 2.90 Å². The summed E-state index contributed by atoms with van der Waals surface area (Å²) < 4.78 is 1.74. The zero-order valence-electron chi connectivity index (χ0n) is 12.2. The van der Waals surface area contributed by atoms with Gasteiger partial charge in [0.25, 0.3) is 5.95 Å². The second kappa shape index (κ2) is 8.45. The van der Waals surface area contributed by atoms with E-state index in [9.17, 15) is 0 Å². The maximum Gasteiger partial charge on any atom is 0.257 e. The van der Waals surface area contributed by atoms with Gasteiger partial charge in [-0.15, -0.1) is 5.10 Å². The van der Waals surface area contributed by atoms with Crippen molar-refractivity contribution < 1.29 is 0 Å². The molecule has 0 amide bonds. The Bertz CT molecular complexity index is 448. The second-order valence-electron chi connectivity index (χ2n) is 4.67. The highest BCUT2D eigenvalue weighted by Crippen LogP contribution is 2.25. The highest BCUT2D eigenvalue weighted by Gasteiger charge is 2.16. The van der Waals surface area contributed by atoms with Gasteiger partial charge in [0.05, 0.1) is 22.9 Å². The van der Waals surface area contributed by atoms with Crippen molar-refractivity contribution in [2.24, 2.45) is 4.99 Å². The first-order chi connectivity index (χ1) is 9.12. The Labute approximate surface area is 129 Å². The number of hydrogen-bond donors (Lipinski definition) is 0. The zero-order chi connectivity index (χ0) is 14.3. The molecule has 0 spiro atoms. The van der Waals surface area contributed by atoms with E-state index in [-0.39, 0.29) is 0 Å². The van der Waals surface area contributed by atoms with Crippen molar-refractivity contribution in [3.05, 3.63) is 17.5 Å². The third-order valence-electron chi connectivity index (χ3n) is 3.17. The van der Waals surface area contributed by atoms with E-state index in [4.69, 9.17) is 0 Å². The third-order valence-corrected chi connectivity index (χ3v) is 3.82. The molecule has 1 atom stereocenters. The van der Waals surface area contributed by atoms with E-state index in [0.717, 1.165) is 24.2 Å². The van der Waals surface area contributed by atoms with Crippen molar-refractivity contribution >= 4 is 35.0 Å². The quantitative estimate of drug-likeness (QED) is 0.507. The Morgan fingerprint density at radius 1 is 1.47 bits per heavy atom. The monoisotopic (exact) mass is 374 g/mol. The Hall–Kier alpha value is -0.720. The summed E-state index contributed by atoms with van der Waals surface area (Å²) in [5.41, 5.74) is 1.12. The first-order valence-electron chi connectivity index (χ1n) is 6.92. The fourth-order valence-electron chi connectivity index (χ4n) is 1.75. The molecular formula is C14H23IN4. The number of aliphatic imine (C=N–C) groups is 1. The van der Waals surface area contributed by atoms with Crippen LogP contribution in [0.4, 0.5) is 5.95 Å². The predicted molar refractivity (Wildman–Crippen MR) is 89.6 cm³/mol. The summed E-state index contributed by atoms with van der Waals surface area (Å²) in [6.45, 7) is 8.43. The second-order valence-corrected chi connectivity index (χ2v) is 5.58. The number of allylic oxidation sites excluding steroid dienone is 2. The fourth-order valence-corrected chi connectivity index (χ4v) is 2.20. The Balaban J connectivity index is 2.85. The maximum atomic E-state index is 4.56. The van der Waals surface area contributed by atoms with E-state index in [1.165, 1.54) is 12.8 Å². The molecule has 0 bridgehead atoms. The average Bonchev–Trinajstić information content (AvgIpc) is 2.78. The Morgan fingerprint density at radius 2 is 2.21 bits per heavy atom. The highest BCUT2D eigenvalue weighted by molar-refractivity contribution is 14.1. The summed E-state index contributed by atoms with van der Waals surface area (Å²) in [5, 5.41) is 4.50. The van der Waals surface area contributed by atoms with Gasteiger partial charge in [-0.2, -0.15) is 7.88 Å². The van der Waals surface area contributed by atoms with E-state index >= 15 is 0 Å². The molecular weight excluding hydrogens is 351 g/mol. The van der Waals surface area contributed by atoms with Crippen LogP contribution < -0.4 is 0 Å². The van der Waals surface area contributed by atoms with Crippen molar-refractivity contribution in [2.75, 3.05) is 0 Å². The zero-order valence-corrected chi connectivity index (χ0v) is 14.4. The lowest BCUT2D eigenvalue weighted by atomic mass is 9.99. The molecule has 0 aromatic carbocycles. The number of unbranched alkanes of at least 4 members (excludes halogenated alkanes) is 1. The van der Waals surface area contributed by atoms with Crippen LogP contribution in [0.1, 0.15) is 65.1 Å². The molecule has 0 fully saturated rings. The molecule has 0 saturated carbocycles. The van der Waals surface area contributed by atoms with E-state index in [0.29, 0.717) is 11.9 Å². The summed E-state index contributed by atoms with van der Waals surface area (Å²) in [6.07, 6.45) is 8.53. The molecule has 0 aliphatic rings. The van der Waals surface area contributed by atoms with Crippen molar-refractivity contribution in [3.63, 3.8) is 0 Å². The van der Waals surface area contributed by atoms with Crippen LogP contribution in [0.25, 0.3) is 0 Å². The van der Waals surface area contributed by atoms with Gasteiger partial charge in [-0.3, -0.25) is 0 Å². The molecule has 0 saturated heterocycles. The van der Waals surface area contributed by atoms with Crippen LogP contribution >= 0.6 is 22.9 Å². The van der Waals surface area contributed by atoms with Gasteiger partial charge in [-0.25, -0.2) is 4.99 Å². The van der Waals surface area contributed by atoms with Gasteiger partial charge in [0.1, 0.15) is 0 Å². The molecule has 106 valence electrons. The lowest BCUT2D eigenvalue weighted by Gasteiger charge is -2.08. The first-order valence-corrected chi connectivity index (χ1v) is 7.88. The molecule has 5 heteroatoms. The largest absolute Gasteiger partial charge is 0.257 e. The van der Waals surface area contributed by atoms with Crippen molar-refractivity contribution in [3.8, 4) is 0 Å². The van der Waals surface area contributed by atoms with Gasteiger partial charge < -0.3 is 0 Å². The number of hydrogen-bond acceptors (Lipinski definition) is 3. The molecule has 0 radical (unpaired) electrons. The smallest absolute Gasteiger partial charge is 0.219 e. The van der Waals surface area contributed by atoms with Gasteiger partial charge in [0, 0.05) is 12.1 Å². The minimum atomic E-state index is 0.452. The minimum Gasteiger partial charge on any atom is -0.219 e. The Morgan fingerprint density at radius 3 is 2.79 bits per heavy atom. The van der Waals surface area contributed by atoms with Crippen LogP contribution in [0.5, 0.6) is 0 Å². The average molecular weight is 374 g/mol. The molecule has 1 rings (SSSR count). The summed E-state index contributed by atoms with van der Waals surface area (Å²) in [5.74, 6) is 2.05. The van der Waals surface area contributed by atoms with Crippen molar-refractivity contribution in [1.29, 1.82) is 0 Å². The molecule has 19 heavy (non-hydrogen) atoms. The molecule has 1 aromatic heterocycles. The third kappa shape index (κ3) is 5.04. The number of halogens is 1. The Kier molecular flexibility index (Phi) is 7.27. The summed E-state index contributed by atoms with van der Waals surface area (Å²) in [7, 11) is 0. The fraction of sp³-hybridized carbons (Fsp3) is 0.643. The lowest BCUT2D eigenvalue weighted by Crippen LogP contribution is -2.00. The van der Waals surface area contributed by atoms with Crippen LogP contribution in [0.15, 0.2) is 16.6 Å². The predicted octanol–water partition coefficient (Wildman–Crippen LogP) is 4.83. The molecule has 0 N–H and O–H groups in total. The van der Waals surface area contributed by atoms with E-state index < -0.39 is 0 Å². The molecule has 0 aliphatic carbocycles. The van der Waals surface area contributed by atoms with Crippen LogP contribution in [-0.4, -0.2) is 19.2 Å². The van der Waals surface area contributed by atoms with E-state index in [2.05, 4.69) is 51.8 Å². The molecule has 1 aromatic rings. The van der Waals surface area contributed by atoms with Crippen LogP contribution in [0.3, 0.4) is 0 Å². The molecule has 4 nitrogen and oxygen atoms in total. The summed E-state index contributed by atoms with van der Waals surface area (Å²) in [6, 6.07) is 0. The summed E-state index contributed by atoms with van der Waals surface area (Å²) >= 11 is 2.14. The van der Waals surface area contributed by atoms with Crippen LogP contribution in [0.2, 0.25) is 0 Å². The molecule has 0 aliphatic heterocycles.